The maximum Gasteiger partial charge on any atom is 0.165 e. The van der Waals surface area contributed by atoms with Crippen molar-refractivity contribution in [1.29, 1.82) is 0 Å². The van der Waals surface area contributed by atoms with Gasteiger partial charge in [-0.2, -0.15) is 0 Å². The highest BCUT2D eigenvalue weighted by molar-refractivity contribution is 7.13. The molecule has 4 rings (SSSR count). The number of fused-ring (bicyclic) bond motifs is 1. The average Bonchev–Trinajstić information content (AvgIpc) is 3.16. The van der Waals surface area contributed by atoms with Crippen molar-refractivity contribution in [2.45, 2.75) is 19.8 Å². The molecule has 0 unspecified atom stereocenters. The van der Waals surface area contributed by atoms with E-state index in [0.717, 1.165) is 27.1 Å². The molecular weight excluding hydrogens is 328 g/mol. The van der Waals surface area contributed by atoms with Gasteiger partial charge >= 0.3 is 0 Å². The molecule has 0 bridgehead atoms. The molecule has 3 aromatic heterocycles. The van der Waals surface area contributed by atoms with Crippen molar-refractivity contribution in [3.63, 3.8) is 0 Å². The normalized spacial score (nSPS) is 11.3. The highest BCUT2D eigenvalue weighted by atomic mass is 32.1. The van der Waals surface area contributed by atoms with E-state index in [9.17, 15) is 0 Å². The summed E-state index contributed by atoms with van der Waals surface area (Å²) in [7, 11) is 0. The molecular formula is C20H18N4S. The Labute approximate surface area is 150 Å². The van der Waals surface area contributed by atoms with E-state index in [-0.39, 0.29) is 0 Å². The largest absolute Gasteiger partial charge is 0.383 e. The van der Waals surface area contributed by atoms with Crippen LogP contribution in [0.5, 0.6) is 0 Å². The van der Waals surface area contributed by atoms with Crippen LogP contribution in [0.25, 0.3) is 32.7 Å². The lowest BCUT2D eigenvalue weighted by molar-refractivity contribution is 0.867. The Balaban J connectivity index is 1.97. The summed E-state index contributed by atoms with van der Waals surface area (Å²) in [6, 6.07) is 14.8. The molecule has 0 atom stereocenters. The summed E-state index contributed by atoms with van der Waals surface area (Å²) >= 11 is 1.67. The summed E-state index contributed by atoms with van der Waals surface area (Å²) < 4.78 is 0. The fourth-order valence-electron chi connectivity index (χ4n) is 2.87. The summed E-state index contributed by atoms with van der Waals surface area (Å²) in [6.45, 7) is 4.39. The van der Waals surface area contributed by atoms with Gasteiger partial charge in [-0.1, -0.05) is 44.2 Å². The fraction of sp³-hybridized carbons (Fsp3) is 0.150. The third kappa shape index (κ3) is 2.87. The van der Waals surface area contributed by atoms with Crippen molar-refractivity contribution in [1.82, 2.24) is 15.0 Å². The SMILES string of the molecule is CC(C)c1ccc(-c2cc3c(N)ncnc3nc2-c2cccs2)cc1. The van der Waals surface area contributed by atoms with Crippen LogP contribution in [0.2, 0.25) is 0 Å². The quantitative estimate of drug-likeness (QED) is 0.559. The first-order chi connectivity index (χ1) is 12.1. The first-order valence-corrected chi connectivity index (χ1v) is 9.07. The number of hydrogen-bond acceptors (Lipinski definition) is 5. The number of nitrogens with two attached hydrogens (primary N) is 1. The zero-order valence-corrected chi connectivity index (χ0v) is 14.9. The van der Waals surface area contributed by atoms with Crippen LogP contribution in [-0.4, -0.2) is 15.0 Å². The van der Waals surface area contributed by atoms with Gasteiger partial charge in [0.25, 0.3) is 0 Å². The lowest BCUT2D eigenvalue weighted by Gasteiger charge is -2.12. The molecule has 1 aromatic carbocycles. The molecule has 0 aliphatic heterocycles. The molecule has 0 saturated carbocycles. The molecule has 0 amide bonds. The molecule has 25 heavy (non-hydrogen) atoms. The molecule has 0 fully saturated rings. The molecule has 3 heterocycles. The predicted molar refractivity (Wildman–Crippen MR) is 105 cm³/mol. The van der Waals surface area contributed by atoms with Crippen LogP contribution >= 0.6 is 11.3 Å². The van der Waals surface area contributed by atoms with Gasteiger partial charge in [0.1, 0.15) is 12.1 Å². The number of aromatic nitrogens is 3. The van der Waals surface area contributed by atoms with Crippen molar-refractivity contribution in [2.75, 3.05) is 5.73 Å². The molecule has 0 radical (unpaired) electrons. The average molecular weight is 346 g/mol. The number of pyridine rings is 1. The van der Waals surface area contributed by atoms with Crippen molar-refractivity contribution >= 4 is 28.2 Å². The van der Waals surface area contributed by atoms with Crippen molar-refractivity contribution in [3.05, 3.63) is 59.7 Å². The number of hydrogen-bond donors (Lipinski definition) is 1. The maximum atomic E-state index is 6.05. The van der Waals surface area contributed by atoms with E-state index >= 15 is 0 Å². The van der Waals surface area contributed by atoms with Crippen LogP contribution in [0.1, 0.15) is 25.3 Å². The van der Waals surface area contributed by atoms with Crippen molar-refractivity contribution in [3.8, 4) is 21.7 Å². The van der Waals surface area contributed by atoms with Gasteiger partial charge in [-0.15, -0.1) is 11.3 Å². The molecule has 0 aliphatic carbocycles. The molecule has 124 valence electrons. The Kier molecular flexibility index (Phi) is 3.93. The van der Waals surface area contributed by atoms with Gasteiger partial charge in [0, 0.05) is 5.56 Å². The highest BCUT2D eigenvalue weighted by Gasteiger charge is 2.14. The van der Waals surface area contributed by atoms with E-state index in [1.54, 1.807) is 11.3 Å². The Morgan fingerprint density at radius 2 is 1.84 bits per heavy atom. The fourth-order valence-corrected chi connectivity index (χ4v) is 3.60. The zero-order chi connectivity index (χ0) is 17.4. The number of benzene rings is 1. The second-order valence-electron chi connectivity index (χ2n) is 6.27. The topological polar surface area (TPSA) is 64.7 Å². The van der Waals surface area contributed by atoms with Crippen LogP contribution in [0.4, 0.5) is 5.82 Å². The van der Waals surface area contributed by atoms with Gasteiger partial charge < -0.3 is 5.73 Å². The molecule has 4 aromatic rings. The minimum Gasteiger partial charge on any atom is -0.383 e. The minimum atomic E-state index is 0.454. The van der Waals surface area contributed by atoms with Crippen LogP contribution in [0.15, 0.2) is 54.2 Å². The standard InChI is InChI=1S/C20H18N4S/c1-12(2)13-5-7-14(8-6-13)15-10-16-19(21)22-11-23-20(16)24-18(15)17-4-3-9-25-17/h3-12H,1-2H3,(H2,21,22,23,24). The number of thiophene rings is 1. The van der Waals surface area contributed by atoms with E-state index in [4.69, 9.17) is 10.7 Å². The monoisotopic (exact) mass is 346 g/mol. The van der Waals surface area contributed by atoms with E-state index in [2.05, 4.69) is 65.6 Å². The predicted octanol–water partition coefficient (Wildman–Crippen LogP) is 5.13. The summed E-state index contributed by atoms with van der Waals surface area (Å²) in [6.07, 6.45) is 1.46. The zero-order valence-electron chi connectivity index (χ0n) is 14.1. The van der Waals surface area contributed by atoms with E-state index in [1.807, 2.05) is 6.07 Å². The third-order valence-corrected chi connectivity index (χ3v) is 5.17. The first-order valence-electron chi connectivity index (χ1n) is 8.19. The molecule has 2 N–H and O–H groups in total. The minimum absolute atomic E-state index is 0.454. The van der Waals surface area contributed by atoms with Crippen molar-refractivity contribution in [2.24, 2.45) is 0 Å². The van der Waals surface area contributed by atoms with Gasteiger partial charge in [0.2, 0.25) is 0 Å². The number of anilines is 1. The van der Waals surface area contributed by atoms with Crippen molar-refractivity contribution < 1.29 is 0 Å². The van der Waals surface area contributed by atoms with Gasteiger partial charge in [0.05, 0.1) is 16.0 Å². The third-order valence-electron chi connectivity index (χ3n) is 4.30. The number of rotatable bonds is 3. The summed E-state index contributed by atoms with van der Waals surface area (Å²) in [5, 5.41) is 2.84. The van der Waals surface area contributed by atoms with Crippen LogP contribution < -0.4 is 5.73 Å². The Hall–Kier alpha value is -2.79. The van der Waals surface area contributed by atoms with E-state index in [1.165, 1.54) is 11.9 Å². The van der Waals surface area contributed by atoms with Gasteiger partial charge in [0.15, 0.2) is 5.65 Å². The van der Waals surface area contributed by atoms with Crippen LogP contribution in [0.3, 0.4) is 0 Å². The highest BCUT2D eigenvalue weighted by Crippen LogP contribution is 2.36. The Morgan fingerprint density at radius 3 is 2.52 bits per heavy atom. The summed E-state index contributed by atoms with van der Waals surface area (Å²) in [5.41, 5.74) is 11.1. The van der Waals surface area contributed by atoms with E-state index < -0.39 is 0 Å². The lowest BCUT2D eigenvalue weighted by Crippen LogP contribution is -1.98. The Bertz CT molecular complexity index is 1020. The van der Waals surface area contributed by atoms with Gasteiger partial charge in [-0.05, 0) is 34.6 Å². The van der Waals surface area contributed by atoms with E-state index in [0.29, 0.717) is 17.4 Å². The Morgan fingerprint density at radius 1 is 1.04 bits per heavy atom. The van der Waals surface area contributed by atoms with Gasteiger partial charge in [-0.25, -0.2) is 15.0 Å². The van der Waals surface area contributed by atoms with Crippen LogP contribution in [-0.2, 0) is 0 Å². The molecule has 0 saturated heterocycles. The first kappa shape index (κ1) is 15.7. The molecule has 0 aliphatic rings. The second kappa shape index (κ2) is 6.26. The number of nitrogens with zero attached hydrogens (tertiary/aromatic N) is 3. The van der Waals surface area contributed by atoms with Gasteiger partial charge in [-0.3, -0.25) is 0 Å². The van der Waals surface area contributed by atoms with Crippen LogP contribution in [0, 0.1) is 0 Å². The maximum absolute atomic E-state index is 6.05. The lowest BCUT2D eigenvalue weighted by atomic mass is 9.97. The number of nitrogen functional groups attached to an aromatic ring is 1. The molecule has 0 spiro atoms. The second-order valence-corrected chi connectivity index (χ2v) is 7.22. The summed E-state index contributed by atoms with van der Waals surface area (Å²) in [4.78, 5) is 14.3. The molecule has 4 nitrogen and oxygen atoms in total. The summed E-state index contributed by atoms with van der Waals surface area (Å²) in [5.74, 6) is 0.958. The molecule has 5 heteroatoms. The smallest absolute Gasteiger partial charge is 0.165 e.